The first-order chi connectivity index (χ1) is 11.0. The number of nitrogens with one attached hydrogen (secondary N) is 1. The Morgan fingerprint density at radius 3 is 2.52 bits per heavy atom. The van der Waals surface area contributed by atoms with Crippen molar-refractivity contribution in [2.24, 2.45) is 0 Å². The average Bonchev–Trinajstić information content (AvgIpc) is 2.50. The summed E-state index contributed by atoms with van der Waals surface area (Å²) in [6.07, 6.45) is 0.252. The van der Waals surface area contributed by atoms with Gasteiger partial charge in [0.25, 0.3) is 0 Å². The molecule has 1 amide bonds. The molecule has 0 atom stereocenters. The first kappa shape index (κ1) is 16.9. The van der Waals surface area contributed by atoms with Crippen LogP contribution in [0.25, 0.3) is 0 Å². The van der Waals surface area contributed by atoms with Gasteiger partial charge in [0, 0.05) is 12.6 Å². The minimum Gasteiger partial charge on any atom is -0.494 e. The zero-order valence-corrected chi connectivity index (χ0v) is 12.5. The van der Waals surface area contributed by atoms with Gasteiger partial charge in [-0.1, -0.05) is 12.1 Å². The van der Waals surface area contributed by atoms with Gasteiger partial charge in [-0.05, 0) is 35.7 Å². The van der Waals surface area contributed by atoms with E-state index in [4.69, 9.17) is 4.74 Å². The topological polar surface area (TPSA) is 38.3 Å². The van der Waals surface area contributed by atoms with Crippen LogP contribution in [0.3, 0.4) is 0 Å². The first-order valence-electron chi connectivity index (χ1n) is 7.02. The molecule has 0 aliphatic carbocycles. The van der Waals surface area contributed by atoms with Gasteiger partial charge in [-0.2, -0.15) is 0 Å². The lowest BCUT2D eigenvalue weighted by molar-refractivity contribution is -0.120. The minimum absolute atomic E-state index is 0.124. The van der Waals surface area contributed by atoms with E-state index < -0.39 is 17.5 Å². The fourth-order valence-electron chi connectivity index (χ4n) is 2.11. The molecule has 3 nitrogen and oxygen atoms in total. The molecule has 0 aliphatic heterocycles. The number of methoxy groups -OCH3 is 1. The second kappa shape index (κ2) is 7.67. The smallest absolute Gasteiger partial charge is 0.224 e. The van der Waals surface area contributed by atoms with Gasteiger partial charge in [-0.25, -0.2) is 13.2 Å². The summed E-state index contributed by atoms with van der Waals surface area (Å²) < 4.78 is 44.6. The van der Waals surface area contributed by atoms with Crippen LogP contribution in [-0.4, -0.2) is 19.6 Å². The molecule has 0 heterocycles. The van der Waals surface area contributed by atoms with E-state index in [-0.39, 0.29) is 30.2 Å². The highest BCUT2D eigenvalue weighted by atomic mass is 19.1. The summed E-state index contributed by atoms with van der Waals surface area (Å²) in [6.45, 7) is 0.285. The van der Waals surface area contributed by atoms with Gasteiger partial charge in [0.05, 0.1) is 13.5 Å². The number of halogens is 3. The van der Waals surface area contributed by atoms with Gasteiger partial charge < -0.3 is 10.1 Å². The Bertz CT molecular complexity index is 704. The molecule has 2 aromatic rings. The zero-order valence-electron chi connectivity index (χ0n) is 12.5. The van der Waals surface area contributed by atoms with Crippen LogP contribution in [0.4, 0.5) is 13.2 Å². The number of hydrogen-bond acceptors (Lipinski definition) is 2. The summed E-state index contributed by atoms with van der Waals surface area (Å²) in [5.41, 5.74) is 0.830. The molecular weight excluding hydrogens is 307 g/mol. The second-order valence-electron chi connectivity index (χ2n) is 4.98. The number of rotatable bonds is 6. The van der Waals surface area contributed by atoms with Gasteiger partial charge >= 0.3 is 0 Å². The van der Waals surface area contributed by atoms with Gasteiger partial charge in [-0.3, -0.25) is 4.79 Å². The van der Waals surface area contributed by atoms with E-state index in [0.29, 0.717) is 12.0 Å². The maximum absolute atomic E-state index is 13.5. The molecule has 23 heavy (non-hydrogen) atoms. The number of benzene rings is 2. The van der Waals surface area contributed by atoms with E-state index in [1.165, 1.54) is 25.3 Å². The van der Waals surface area contributed by atoms with Crippen LogP contribution < -0.4 is 10.1 Å². The van der Waals surface area contributed by atoms with Crippen molar-refractivity contribution in [2.45, 2.75) is 12.8 Å². The standard InChI is InChI=1S/C17H16F3NO2/c1-23-16-5-2-11(8-15(16)20)6-7-21-17(22)9-12-3-4-13(18)10-14(12)19/h2-5,8,10H,6-7,9H2,1H3,(H,21,22). The molecule has 0 aliphatic rings. The van der Waals surface area contributed by atoms with Crippen LogP contribution in [0.1, 0.15) is 11.1 Å². The Morgan fingerprint density at radius 2 is 1.87 bits per heavy atom. The molecule has 0 unspecified atom stereocenters. The number of hydrogen-bond donors (Lipinski definition) is 1. The lowest BCUT2D eigenvalue weighted by atomic mass is 10.1. The summed E-state index contributed by atoms with van der Waals surface area (Å²) in [6, 6.07) is 7.64. The average molecular weight is 323 g/mol. The van der Waals surface area contributed by atoms with Crippen LogP contribution >= 0.6 is 0 Å². The van der Waals surface area contributed by atoms with E-state index >= 15 is 0 Å². The quantitative estimate of drug-likeness (QED) is 0.887. The van der Waals surface area contributed by atoms with E-state index in [1.807, 2.05) is 0 Å². The molecular formula is C17H16F3NO2. The Kier molecular flexibility index (Phi) is 5.62. The molecule has 2 rings (SSSR count). The number of carbonyl (C=O) groups is 1. The zero-order chi connectivity index (χ0) is 16.8. The Balaban J connectivity index is 1.84. The fraction of sp³-hybridized carbons (Fsp3) is 0.235. The molecule has 0 saturated carbocycles. The highest BCUT2D eigenvalue weighted by Crippen LogP contribution is 2.17. The van der Waals surface area contributed by atoms with Gasteiger partial charge in [-0.15, -0.1) is 0 Å². The molecule has 1 N–H and O–H groups in total. The fourth-order valence-corrected chi connectivity index (χ4v) is 2.11. The molecule has 0 saturated heterocycles. The summed E-state index contributed by atoms with van der Waals surface area (Å²) in [5, 5.41) is 2.62. The predicted octanol–water partition coefficient (Wildman–Crippen LogP) is 3.01. The minimum atomic E-state index is -0.752. The van der Waals surface area contributed by atoms with Crippen LogP contribution in [-0.2, 0) is 17.6 Å². The second-order valence-corrected chi connectivity index (χ2v) is 4.98. The van der Waals surface area contributed by atoms with E-state index in [9.17, 15) is 18.0 Å². The van der Waals surface area contributed by atoms with Crippen molar-refractivity contribution in [3.63, 3.8) is 0 Å². The molecule has 0 fully saturated rings. The monoisotopic (exact) mass is 323 g/mol. The Morgan fingerprint density at radius 1 is 1.09 bits per heavy atom. The van der Waals surface area contributed by atoms with Gasteiger partial charge in [0.1, 0.15) is 11.6 Å². The largest absolute Gasteiger partial charge is 0.494 e. The number of amides is 1. The third-order valence-corrected chi connectivity index (χ3v) is 3.32. The van der Waals surface area contributed by atoms with Crippen LogP contribution in [0.15, 0.2) is 36.4 Å². The highest BCUT2D eigenvalue weighted by Gasteiger charge is 2.09. The molecule has 0 spiro atoms. The van der Waals surface area contributed by atoms with Crippen LogP contribution in [0.2, 0.25) is 0 Å². The maximum atomic E-state index is 13.5. The van der Waals surface area contributed by atoms with Crippen molar-refractivity contribution < 1.29 is 22.7 Å². The molecule has 6 heteroatoms. The number of carbonyl (C=O) groups excluding carboxylic acids is 1. The lowest BCUT2D eigenvalue weighted by Gasteiger charge is -2.08. The molecule has 0 radical (unpaired) electrons. The van der Waals surface area contributed by atoms with Crippen molar-refractivity contribution >= 4 is 5.91 Å². The van der Waals surface area contributed by atoms with Crippen LogP contribution in [0.5, 0.6) is 5.75 Å². The summed E-state index contributed by atoms with van der Waals surface area (Å²) >= 11 is 0. The summed E-state index contributed by atoms with van der Waals surface area (Å²) in [4.78, 5) is 11.7. The lowest BCUT2D eigenvalue weighted by Crippen LogP contribution is -2.27. The molecule has 0 bridgehead atoms. The van der Waals surface area contributed by atoms with Crippen molar-refractivity contribution in [3.8, 4) is 5.75 Å². The normalized spacial score (nSPS) is 10.4. The SMILES string of the molecule is COc1ccc(CCNC(=O)Cc2ccc(F)cc2F)cc1F. The van der Waals surface area contributed by atoms with Gasteiger partial charge in [0.2, 0.25) is 5.91 Å². The Labute approximate surface area is 132 Å². The third-order valence-electron chi connectivity index (χ3n) is 3.32. The van der Waals surface area contributed by atoms with Crippen molar-refractivity contribution in [1.82, 2.24) is 5.32 Å². The Hall–Kier alpha value is -2.50. The molecule has 2 aromatic carbocycles. The maximum Gasteiger partial charge on any atom is 0.224 e. The number of ether oxygens (including phenoxy) is 1. The highest BCUT2D eigenvalue weighted by molar-refractivity contribution is 5.78. The summed E-state index contributed by atoms with van der Waals surface area (Å²) in [7, 11) is 1.38. The first-order valence-corrected chi connectivity index (χ1v) is 7.02. The van der Waals surface area contributed by atoms with E-state index in [2.05, 4.69) is 5.32 Å². The van der Waals surface area contributed by atoms with E-state index in [0.717, 1.165) is 12.1 Å². The third kappa shape index (κ3) is 4.74. The van der Waals surface area contributed by atoms with Crippen molar-refractivity contribution in [3.05, 3.63) is 65.0 Å². The van der Waals surface area contributed by atoms with Crippen molar-refractivity contribution in [2.75, 3.05) is 13.7 Å². The van der Waals surface area contributed by atoms with Crippen LogP contribution in [0, 0.1) is 17.5 Å². The molecule has 0 aromatic heterocycles. The van der Waals surface area contributed by atoms with Crippen molar-refractivity contribution in [1.29, 1.82) is 0 Å². The van der Waals surface area contributed by atoms with E-state index in [1.54, 1.807) is 6.07 Å². The van der Waals surface area contributed by atoms with Gasteiger partial charge in [0.15, 0.2) is 11.6 Å². The summed E-state index contributed by atoms with van der Waals surface area (Å²) in [5.74, 6) is -2.13. The predicted molar refractivity (Wildman–Crippen MR) is 79.7 cm³/mol. The molecule has 122 valence electrons.